The molecule has 15 heavy (non-hydrogen) atoms. The van der Waals surface area contributed by atoms with Crippen molar-refractivity contribution in [1.82, 2.24) is 0 Å². The Morgan fingerprint density at radius 1 is 0.733 bits per heavy atom. The molecule has 86 valence electrons. The molecule has 0 aromatic heterocycles. The second-order valence-corrected chi connectivity index (χ2v) is 5.35. The molecular weight excluding hydrogens is 182 g/mol. The van der Waals surface area contributed by atoms with Crippen LogP contribution in [0.5, 0.6) is 0 Å². The van der Waals surface area contributed by atoms with Gasteiger partial charge in [0.25, 0.3) is 0 Å². The maximum atomic E-state index is 9.21. The summed E-state index contributed by atoms with van der Waals surface area (Å²) in [5.41, 5.74) is -0.0286. The molecule has 0 N–H and O–H groups in total. The van der Waals surface area contributed by atoms with Crippen LogP contribution in [-0.2, 0) is 0 Å². The van der Waals surface area contributed by atoms with Gasteiger partial charge < -0.3 is 0 Å². The van der Waals surface area contributed by atoms with Gasteiger partial charge in [0.2, 0.25) is 0 Å². The molecule has 0 saturated heterocycles. The molecule has 1 rings (SSSR count). The Morgan fingerprint density at radius 3 is 1.40 bits per heavy atom. The lowest BCUT2D eigenvalue weighted by Gasteiger charge is -2.21. The van der Waals surface area contributed by atoms with E-state index in [9.17, 15) is 5.26 Å². The molecule has 0 aromatic carbocycles. The van der Waals surface area contributed by atoms with Gasteiger partial charge in [-0.15, -0.1) is 0 Å². The highest BCUT2D eigenvalue weighted by molar-refractivity contribution is 4.95. The normalized spacial score (nSPS) is 24.5. The minimum atomic E-state index is -0.0286. The molecule has 1 nitrogen and oxygen atoms in total. The van der Waals surface area contributed by atoms with Crippen LogP contribution in [-0.4, -0.2) is 0 Å². The van der Waals surface area contributed by atoms with Gasteiger partial charge in [0.1, 0.15) is 0 Å². The van der Waals surface area contributed by atoms with Gasteiger partial charge in [-0.3, -0.25) is 0 Å². The monoisotopic (exact) mass is 207 g/mol. The maximum Gasteiger partial charge on any atom is 0.0686 e. The molecule has 0 spiro atoms. The number of nitrogens with zero attached hydrogens (tertiary/aromatic N) is 1. The van der Waals surface area contributed by atoms with Gasteiger partial charge >= 0.3 is 0 Å². The molecule has 0 aliphatic heterocycles. The molecule has 0 atom stereocenters. The topological polar surface area (TPSA) is 23.8 Å². The fourth-order valence-electron chi connectivity index (χ4n) is 2.50. The smallest absolute Gasteiger partial charge is 0.0686 e. The first-order chi connectivity index (χ1) is 7.27. The third kappa shape index (κ3) is 5.21. The van der Waals surface area contributed by atoms with E-state index >= 15 is 0 Å². The Hall–Kier alpha value is -0.510. The molecule has 1 aliphatic rings. The zero-order valence-electron chi connectivity index (χ0n) is 10.2. The highest BCUT2D eigenvalue weighted by Crippen LogP contribution is 2.31. The number of rotatable bonds is 0. The van der Waals surface area contributed by atoms with Gasteiger partial charge in [-0.2, -0.15) is 5.26 Å². The third-order valence-electron chi connectivity index (χ3n) is 3.73. The van der Waals surface area contributed by atoms with E-state index in [-0.39, 0.29) is 5.41 Å². The molecule has 0 aromatic rings. The van der Waals surface area contributed by atoms with Gasteiger partial charge in [-0.25, -0.2) is 0 Å². The predicted octanol–water partition coefficient (Wildman–Crippen LogP) is 4.82. The second kappa shape index (κ2) is 6.88. The summed E-state index contributed by atoms with van der Waals surface area (Å²) in [6, 6.07) is 2.53. The molecule has 1 fully saturated rings. The summed E-state index contributed by atoms with van der Waals surface area (Å²) >= 11 is 0. The Kier molecular flexibility index (Phi) is 5.76. The predicted molar refractivity (Wildman–Crippen MR) is 64.5 cm³/mol. The summed E-state index contributed by atoms with van der Waals surface area (Å²) in [7, 11) is 0. The highest BCUT2D eigenvalue weighted by atomic mass is 14.3. The van der Waals surface area contributed by atoms with Crippen LogP contribution >= 0.6 is 0 Å². The number of hydrogen-bond acceptors (Lipinski definition) is 1. The molecule has 1 aliphatic carbocycles. The Labute approximate surface area is 94.9 Å². The molecular formula is C14H25N. The van der Waals surface area contributed by atoms with Gasteiger partial charge in [-0.05, 0) is 19.8 Å². The van der Waals surface area contributed by atoms with Crippen molar-refractivity contribution in [2.45, 2.75) is 77.6 Å². The molecule has 0 unspecified atom stereocenters. The summed E-state index contributed by atoms with van der Waals surface area (Å²) in [6.45, 7) is 2.15. The van der Waals surface area contributed by atoms with Crippen LogP contribution in [0.1, 0.15) is 77.6 Å². The molecule has 0 amide bonds. The Bertz CT molecular complexity index is 190. The van der Waals surface area contributed by atoms with Crippen molar-refractivity contribution in [1.29, 1.82) is 5.26 Å². The van der Waals surface area contributed by atoms with Crippen molar-refractivity contribution >= 4 is 0 Å². The standard InChI is InChI=1S/C14H25N/c1-14(13-15)11-9-7-5-3-2-4-6-8-10-12-14/h2-12H2,1H3. The van der Waals surface area contributed by atoms with Crippen molar-refractivity contribution in [2.24, 2.45) is 5.41 Å². The summed E-state index contributed by atoms with van der Waals surface area (Å²) in [5.74, 6) is 0. The first-order valence-electron chi connectivity index (χ1n) is 6.68. The first kappa shape index (κ1) is 12.6. The van der Waals surface area contributed by atoms with Crippen LogP contribution in [0.25, 0.3) is 0 Å². The van der Waals surface area contributed by atoms with Crippen molar-refractivity contribution in [3.05, 3.63) is 0 Å². The lowest BCUT2D eigenvalue weighted by atomic mass is 9.81. The fraction of sp³-hybridized carbons (Fsp3) is 0.929. The van der Waals surface area contributed by atoms with Crippen LogP contribution in [0.3, 0.4) is 0 Å². The summed E-state index contributed by atoms with van der Waals surface area (Å²) < 4.78 is 0. The highest BCUT2D eigenvalue weighted by Gasteiger charge is 2.22. The minimum absolute atomic E-state index is 0.0286. The quantitative estimate of drug-likeness (QED) is 0.558. The van der Waals surface area contributed by atoms with Crippen LogP contribution in [0.4, 0.5) is 0 Å². The summed E-state index contributed by atoms with van der Waals surface area (Å²) in [4.78, 5) is 0. The van der Waals surface area contributed by atoms with E-state index in [2.05, 4.69) is 13.0 Å². The van der Waals surface area contributed by atoms with Crippen LogP contribution in [0.15, 0.2) is 0 Å². The average Bonchev–Trinajstić information content (AvgIpc) is 2.23. The Morgan fingerprint density at radius 2 is 1.07 bits per heavy atom. The van der Waals surface area contributed by atoms with Crippen LogP contribution in [0.2, 0.25) is 0 Å². The van der Waals surface area contributed by atoms with E-state index in [1.165, 1.54) is 57.8 Å². The second-order valence-electron chi connectivity index (χ2n) is 5.35. The maximum absolute atomic E-state index is 9.21. The largest absolute Gasteiger partial charge is 0.198 e. The molecule has 0 bridgehead atoms. The van der Waals surface area contributed by atoms with Crippen molar-refractivity contribution in [3.8, 4) is 6.07 Å². The van der Waals surface area contributed by atoms with Gasteiger partial charge in [0, 0.05) is 0 Å². The van der Waals surface area contributed by atoms with E-state index in [1.807, 2.05) is 0 Å². The summed E-state index contributed by atoms with van der Waals surface area (Å²) in [5, 5.41) is 9.21. The van der Waals surface area contributed by atoms with Crippen LogP contribution < -0.4 is 0 Å². The van der Waals surface area contributed by atoms with E-state index in [0.717, 1.165) is 12.8 Å². The fourth-order valence-corrected chi connectivity index (χ4v) is 2.50. The lowest BCUT2D eigenvalue weighted by Crippen LogP contribution is -2.13. The number of nitriles is 1. The number of hydrogen-bond donors (Lipinski definition) is 0. The van der Waals surface area contributed by atoms with E-state index in [4.69, 9.17) is 0 Å². The molecule has 1 saturated carbocycles. The molecule has 0 heterocycles. The van der Waals surface area contributed by atoms with Crippen molar-refractivity contribution in [2.75, 3.05) is 0 Å². The summed E-state index contributed by atoms with van der Waals surface area (Å²) in [6.07, 6.45) is 14.4. The lowest BCUT2D eigenvalue weighted by molar-refractivity contribution is 0.333. The van der Waals surface area contributed by atoms with E-state index in [0.29, 0.717) is 0 Å². The third-order valence-corrected chi connectivity index (χ3v) is 3.73. The van der Waals surface area contributed by atoms with E-state index in [1.54, 1.807) is 0 Å². The van der Waals surface area contributed by atoms with Crippen LogP contribution in [0, 0.1) is 16.7 Å². The molecule has 1 heteroatoms. The van der Waals surface area contributed by atoms with Gasteiger partial charge in [0.15, 0.2) is 0 Å². The van der Waals surface area contributed by atoms with Crippen molar-refractivity contribution < 1.29 is 0 Å². The first-order valence-corrected chi connectivity index (χ1v) is 6.68. The Balaban J connectivity index is 2.36. The minimum Gasteiger partial charge on any atom is -0.198 e. The van der Waals surface area contributed by atoms with Gasteiger partial charge in [0.05, 0.1) is 11.5 Å². The average molecular weight is 207 g/mol. The SMILES string of the molecule is CC1(C#N)CCCCCCCCCCC1. The zero-order valence-corrected chi connectivity index (χ0v) is 10.2. The van der Waals surface area contributed by atoms with Crippen molar-refractivity contribution in [3.63, 3.8) is 0 Å². The molecule has 0 radical (unpaired) electrons. The van der Waals surface area contributed by atoms with E-state index < -0.39 is 0 Å². The van der Waals surface area contributed by atoms with Gasteiger partial charge in [-0.1, -0.05) is 57.8 Å². The zero-order chi connectivity index (χ0) is 11.0.